The molecule has 2 nitrogen and oxygen atoms in total. The monoisotopic (exact) mass is 266 g/mol. The maximum atomic E-state index is 11.8. The van der Waals surface area contributed by atoms with Crippen LogP contribution in [0, 0.1) is 0 Å². The van der Waals surface area contributed by atoms with E-state index in [1.165, 1.54) is 0 Å². The van der Waals surface area contributed by atoms with Gasteiger partial charge in [0, 0.05) is 0 Å². The summed E-state index contributed by atoms with van der Waals surface area (Å²) in [5.74, 6) is -0.196. The Bertz CT molecular complexity index is 571. The van der Waals surface area contributed by atoms with E-state index < -0.39 is 0 Å². The molecule has 0 spiro atoms. The Balaban J connectivity index is 2.29. The molecular weight excluding hydrogens is 248 g/mol. The third kappa shape index (κ3) is 4.09. The summed E-state index contributed by atoms with van der Waals surface area (Å²) >= 11 is 0. The lowest BCUT2D eigenvalue weighted by atomic mass is 10.00. The molecule has 2 heteroatoms. The highest BCUT2D eigenvalue weighted by Gasteiger charge is 2.09. The fraction of sp³-hybridized carbons (Fsp3) is 0.167. The van der Waals surface area contributed by atoms with Gasteiger partial charge in [-0.3, -0.25) is 4.79 Å². The zero-order valence-electron chi connectivity index (χ0n) is 11.6. The Labute approximate surface area is 119 Å². The third-order valence-electron chi connectivity index (χ3n) is 2.93. The van der Waals surface area contributed by atoms with E-state index in [0.29, 0.717) is 6.61 Å². The van der Waals surface area contributed by atoms with Crippen molar-refractivity contribution in [2.75, 3.05) is 6.61 Å². The zero-order valence-corrected chi connectivity index (χ0v) is 11.6. The molecule has 0 aliphatic heterocycles. The van der Waals surface area contributed by atoms with E-state index in [2.05, 4.69) is 0 Å². The van der Waals surface area contributed by atoms with Crippen molar-refractivity contribution >= 4 is 17.6 Å². The Morgan fingerprint density at radius 3 is 2.20 bits per heavy atom. The van der Waals surface area contributed by atoms with E-state index in [0.717, 1.165) is 16.7 Å². The molecule has 0 atom stereocenters. The number of benzene rings is 2. The molecule has 0 heterocycles. The Morgan fingerprint density at radius 2 is 1.60 bits per heavy atom. The summed E-state index contributed by atoms with van der Waals surface area (Å²) in [6, 6.07) is 19.9. The first-order chi connectivity index (χ1) is 9.79. The van der Waals surface area contributed by atoms with Gasteiger partial charge < -0.3 is 4.74 Å². The Kier molecular flexibility index (Phi) is 5.13. The van der Waals surface area contributed by atoms with Crippen LogP contribution in [0.1, 0.15) is 24.5 Å². The Hall–Kier alpha value is -2.35. The Morgan fingerprint density at radius 1 is 1.00 bits per heavy atom. The van der Waals surface area contributed by atoms with Gasteiger partial charge in [-0.1, -0.05) is 66.7 Å². The topological polar surface area (TPSA) is 26.3 Å². The molecule has 20 heavy (non-hydrogen) atoms. The zero-order chi connectivity index (χ0) is 14.2. The number of ether oxygens (including phenoxy) is 1. The molecule has 2 aromatic rings. The summed E-state index contributed by atoms with van der Waals surface area (Å²) in [7, 11) is 0. The van der Waals surface area contributed by atoms with Crippen LogP contribution in [0.15, 0.2) is 60.7 Å². The summed E-state index contributed by atoms with van der Waals surface area (Å²) in [6.07, 6.45) is 2.32. The van der Waals surface area contributed by atoms with Crippen molar-refractivity contribution < 1.29 is 9.53 Å². The van der Waals surface area contributed by atoms with Crippen molar-refractivity contribution in [1.29, 1.82) is 0 Å². The standard InChI is InChI=1S/C18H18O2/c1-2-20-18(19)14-17(16-11-7-4-8-12-16)13-15-9-5-3-6-10-15/h3-13H,2,14H2,1H3/b17-13-. The van der Waals surface area contributed by atoms with Gasteiger partial charge in [-0.15, -0.1) is 0 Å². The quantitative estimate of drug-likeness (QED) is 0.599. The van der Waals surface area contributed by atoms with Gasteiger partial charge in [0.25, 0.3) is 0 Å². The van der Waals surface area contributed by atoms with Crippen LogP contribution in [0.5, 0.6) is 0 Å². The lowest BCUT2D eigenvalue weighted by Gasteiger charge is -2.08. The highest BCUT2D eigenvalue weighted by Crippen LogP contribution is 2.22. The molecule has 0 saturated heterocycles. The maximum absolute atomic E-state index is 11.8. The fourth-order valence-corrected chi connectivity index (χ4v) is 2.01. The molecule has 2 aromatic carbocycles. The van der Waals surface area contributed by atoms with Crippen LogP contribution in [0.2, 0.25) is 0 Å². The first kappa shape index (κ1) is 14.1. The number of rotatable bonds is 5. The lowest BCUT2D eigenvalue weighted by Crippen LogP contribution is -2.04. The van der Waals surface area contributed by atoms with Crippen LogP contribution in [0.3, 0.4) is 0 Å². The van der Waals surface area contributed by atoms with Crippen LogP contribution in [-0.2, 0) is 9.53 Å². The second kappa shape index (κ2) is 7.29. The molecule has 0 amide bonds. The second-order valence-electron chi connectivity index (χ2n) is 4.43. The molecule has 0 bridgehead atoms. The molecule has 2 rings (SSSR count). The minimum Gasteiger partial charge on any atom is -0.466 e. The van der Waals surface area contributed by atoms with Gasteiger partial charge in [0.15, 0.2) is 0 Å². The average Bonchev–Trinajstić information content (AvgIpc) is 2.49. The van der Waals surface area contributed by atoms with Gasteiger partial charge in [-0.2, -0.15) is 0 Å². The van der Waals surface area contributed by atoms with Crippen molar-refractivity contribution in [3.05, 3.63) is 71.8 Å². The smallest absolute Gasteiger partial charge is 0.310 e. The number of carbonyl (C=O) groups excluding carboxylic acids is 1. The molecule has 0 radical (unpaired) electrons. The van der Waals surface area contributed by atoms with Crippen LogP contribution in [0.4, 0.5) is 0 Å². The molecule has 0 aromatic heterocycles. The number of esters is 1. The predicted molar refractivity (Wildman–Crippen MR) is 82.0 cm³/mol. The minimum atomic E-state index is -0.196. The van der Waals surface area contributed by atoms with Crippen molar-refractivity contribution in [2.45, 2.75) is 13.3 Å². The lowest BCUT2D eigenvalue weighted by molar-refractivity contribution is -0.141. The number of hydrogen-bond acceptors (Lipinski definition) is 2. The first-order valence-corrected chi connectivity index (χ1v) is 6.76. The van der Waals surface area contributed by atoms with Crippen LogP contribution < -0.4 is 0 Å². The van der Waals surface area contributed by atoms with Crippen molar-refractivity contribution in [2.24, 2.45) is 0 Å². The molecule has 0 N–H and O–H groups in total. The highest BCUT2D eigenvalue weighted by molar-refractivity contribution is 5.92. The summed E-state index contributed by atoms with van der Waals surface area (Å²) in [4.78, 5) is 11.8. The van der Waals surface area contributed by atoms with Crippen molar-refractivity contribution in [3.63, 3.8) is 0 Å². The second-order valence-corrected chi connectivity index (χ2v) is 4.43. The van der Waals surface area contributed by atoms with Crippen molar-refractivity contribution in [3.8, 4) is 0 Å². The van der Waals surface area contributed by atoms with E-state index in [-0.39, 0.29) is 12.4 Å². The molecular formula is C18H18O2. The first-order valence-electron chi connectivity index (χ1n) is 6.76. The molecule has 102 valence electrons. The molecule has 0 fully saturated rings. The normalized spacial score (nSPS) is 11.2. The number of carbonyl (C=O) groups is 1. The minimum absolute atomic E-state index is 0.196. The van der Waals surface area contributed by atoms with Gasteiger partial charge in [0.05, 0.1) is 13.0 Å². The fourth-order valence-electron chi connectivity index (χ4n) is 2.01. The van der Waals surface area contributed by atoms with Gasteiger partial charge in [0.2, 0.25) is 0 Å². The van der Waals surface area contributed by atoms with Gasteiger partial charge in [-0.25, -0.2) is 0 Å². The van der Waals surface area contributed by atoms with Crippen LogP contribution in [-0.4, -0.2) is 12.6 Å². The third-order valence-corrected chi connectivity index (χ3v) is 2.93. The summed E-state index contributed by atoms with van der Waals surface area (Å²) in [5.41, 5.74) is 3.09. The predicted octanol–water partition coefficient (Wildman–Crippen LogP) is 4.18. The maximum Gasteiger partial charge on any atom is 0.310 e. The summed E-state index contributed by atoms with van der Waals surface area (Å²) < 4.78 is 5.05. The number of hydrogen-bond donors (Lipinski definition) is 0. The van der Waals surface area contributed by atoms with Gasteiger partial charge in [0.1, 0.15) is 0 Å². The van der Waals surface area contributed by atoms with Gasteiger partial charge >= 0.3 is 5.97 Å². The largest absolute Gasteiger partial charge is 0.466 e. The van der Waals surface area contributed by atoms with E-state index in [4.69, 9.17) is 4.74 Å². The molecule has 0 saturated carbocycles. The highest BCUT2D eigenvalue weighted by atomic mass is 16.5. The van der Waals surface area contributed by atoms with Crippen LogP contribution >= 0.6 is 0 Å². The van der Waals surface area contributed by atoms with E-state index in [1.807, 2.05) is 73.7 Å². The SMILES string of the molecule is CCOC(=O)C/C(=C/c1ccccc1)c1ccccc1. The summed E-state index contributed by atoms with van der Waals surface area (Å²) in [6.45, 7) is 2.23. The van der Waals surface area contributed by atoms with E-state index in [1.54, 1.807) is 0 Å². The summed E-state index contributed by atoms with van der Waals surface area (Å²) in [5, 5.41) is 0. The molecule has 0 aliphatic rings. The molecule has 0 unspecified atom stereocenters. The molecule has 0 aliphatic carbocycles. The van der Waals surface area contributed by atoms with E-state index >= 15 is 0 Å². The van der Waals surface area contributed by atoms with E-state index in [9.17, 15) is 4.79 Å². The average molecular weight is 266 g/mol. The van der Waals surface area contributed by atoms with Crippen LogP contribution in [0.25, 0.3) is 11.6 Å². The van der Waals surface area contributed by atoms with Crippen molar-refractivity contribution in [1.82, 2.24) is 0 Å². The van der Waals surface area contributed by atoms with Gasteiger partial charge in [-0.05, 0) is 23.6 Å².